The number of rotatable bonds is 11. The summed E-state index contributed by atoms with van der Waals surface area (Å²) in [5, 5.41) is 38.2. The number of ketones is 1. The molecular weight excluding hydrogens is 916 g/mol. The number of benzene rings is 3. The molecule has 4 unspecified atom stereocenters. The summed E-state index contributed by atoms with van der Waals surface area (Å²) >= 11 is 0. The van der Waals surface area contributed by atoms with Crippen molar-refractivity contribution in [3.63, 3.8) is 0 Å². The maximum absolute atomic E-state index is 15.2. The third kappa shape index (κ3) is 8.82. The quantitative estimate of drug-likeness (QED) is 0.0840. The fourth-order valence-corrected chi connectivity index (χ4v) is 11.6. The van der Waals surface area contributed by atoms with Crippen LogP contribution in [0, 0.1) is 16.7 Å². The Labute approximate surface area is 399 Å². The Kier molecular flexibility index (Phi) is 14.3. The average Bonchev–Trinajstić information content (AvgIpc) is 3.28. The minimum absolute atomic E-state index is 0.0684. The molecule has 2 bridgehead atoms. The largest absolute Gasteiger partial charge is 0.456 e. The van der Waals surface area contributed by atoms with Gasteiger partial charge in [0.15, 0.2) is 17.5 Å². The van der Waals surface area contributed by atoms with Crippen LogP contribution in [-0.2, 0) is 42.6 Å². The van der Waals surface area contributed by atoms with E-state index in [1.165, 1.54) is 38.1 Å². The summed E-state index contributed by atoms with van der Waals surface area (Å²) < 4.78 is 36.7. The molecule has 13 atom stereocenters. The predicted molar refractivity (Wildman–Crippen MR) is 250 cm³/mol. The van der Waals surface area contributed by atoms with Gasteiger partial charge >= 0.3 is 24.0 Å². The highest BCUT2D eigenvalue weighted by molar-refractivity contribution is 8.00. The molecule has 2 saturated carbocycles. The molecule has 0 aromatic heterocycles. The first-order valence-corrected chi connectivity index (χ1v) is 25.1. The lowest BCUT2D eigenvalue weighted by Gasteiger charge is -2.67. The Morgan fingerprint density at radius 3 is 1.99 bits per heavy atom. The summed E-state index contributed by atoms with van der Waals surface area (Å²) in [4.78, 5) is 87.6. The van der Waals surface area contributed by atoms with Crippen LogP contribution in [0.15, 0.2) is 102 Å². The highest BCUT2D eigenvalue weighted by Crippen LogP contribution is 2.64. The molecular formula is C50H59NO15P2. The minimum atomic E-state index is -2.40. The molecule has 1 heterocycles. The fraction of sp³-hybridized carbons (Fsp3) is 0.480. The summed E-state index contributed by atoms with van der Waals surface area (Å²) in [6, 6.07) is 22.5. The van der Waals surface area contributed by atoms with Crippen LogP contribution in [0.4, 0.5) is 4.79 Å². The molecule has 16 nitrogen and oxygen atoms in total. The van der Waals surface area contributed by atoms with Gasteiger partial charge in [0, 0.05) is 39.2 Å². The van der Waals surface area contributed by atoms with E-state index in [1.807, 2.05) is 0 Å². The fourth-order valence-electron chi connectivity index (χ4n) is 10.8. The highest BCUT2D eigenvalue weighted by Gasteiger charge is 2.78. The maximum Gasteiger partial charge on any atom is 0.418 e. The van der Waals surface area contributed by atoms with Crippen LogP contribution in [-0.4, -0.2) is 116 Å². The number of hydrogen-bond acceptors (Lipinski definition) is 15. The molecule has 0 spiro atoms. The number of aliphatic hydroxyl groups excluding tert-OH is 2. The van der Waals surface area contributed by atoms with Crippen molar-refractivity contribution < 1.29 is 72.3 Å². The number of carbonyl (C=O) groups excluding carboxylic acids is 6. The van der Waals surface area contributed by atoms with E-state index < -0.39 is 127 Å². The first-order chi connectivity index (χ1) is 31.9. The smallest absolute Gasteiger partial charge is 0.418 e. The van der Waals surface area contributed by atoms with Crippen molar-refractivity contribution in [2.75, 3.05) is 6.61 Å². The van der Waals surface area contributed by atoms with Crippen LogP contribution < -0.4 is 0 Å². The van der Waals surface area contributed by atoms with Crippen molar-refractivity contribution >= 4 is 53.1 Å². The molecule has 3 aromatic rings. The molecule has 1 saturated heterocycles. The second-order valence-corrected chi connectivity index (χ2v) is 20.8. The van der Waals surface area contributed by atoms with Gasteiger partial charge in [0.25, 0.3) is 5.91 Å². The van der Waals surface area contributed by atoms with E-state index in [4.69, 9.17) is 28.2 Å². The third-order valence-electron chi connectivity index (χ3n) is 14.1. The van der Waals surface area contributed by atoms with Crippen LogP contribution in [0.3, 0.4) is 0 Å². The molecule has 2 amide bonds. The second-order valence-electron chi connectivity index (χ2n) is 19.6. The van der Waals surface area contributed by atoms with Crippen molar-refractivity contribution in [1.82, 2.24) is 4.90 Å². The molecule has 18 heteroatoms. The number of nitrogens with zero attached hydrogens (tertiary/aromatic N) is 1. The van der Waals surface area contributed by atoms with Crippen LogP contribution in [0.25, 0.3) is 0 Å². The zero-order valence-electron chi connectivity index (χ0n) is 39.2. The molecule has 0 radical (unpaired) electrons. The average molecular weight is 976 g/mol. The van der Waals surface area contributed by atoms with E-state index in [9.17, 15) is 34.5 Å². The summed E-state index contributed by atoms with van der Waals surface area (Å²) in [6.45, 7) is 11.7. The van der Waals surface area contributed by atoms with Crippen LogP contribution in [0.2, 0.25) is 0 Å². The van der Waals surface area contributed by atoms with E-state index in [0.717, 1.165) is 11.8 Å². The highest BCUT2D eigenvalue weighted by atomic mass is 32.0. The van der Waals surface area contributed by atoms with Gasteiger partial charge in [-0.05, 0) is 75.6 Å². The van der Waals surface area contributed by atoms with Gasteiger partial charge in [-0.1, -0.05) is 89.5 Å². The van der Waals surface area contributed by atoms with Crippen LogP contribution in [0.1, 0.15) is 101 Å². The molecule has 68 heavy (non-hydrogen) atoms. The van der Waals surface area contributed by atoms with Crippen molar-refractivity contribution in [3.8, 4) is 0 Å². The Hall–Kier alpha value is -4.92. The van der Waals surface area contributed by atoms with E-state index in [0.29, 0.717) is 0 Å². The molecule has 3 N–H and O–H groups in total. The summed E-state index contributed by atoms with van der Waals surface area (Å²) in [7, 11) is 1.87. The number of imide groups is 1. The summed E-state index contributed by atoms with van der Waals surface area (Å²) in [6.07, 6.45) is -11.6. The minimum Gasteiger partial charge on any atom is -0.456 e. The van der Waals surface area contributed by atoms with Crippen molar-refractivity contribution in [3.05, 3.63) is 119 Å². The molecule has 3 aliphatic carbocycles. The molecule has 364 valence electrons. The van der Waals surface area contributed by atoms with Gasteiger partial charge in [0.1, 0.15) is 41.7 Å². The standard InChI is InChI=1S/C50H59NO15P2/c1-27-32(62-44(58)38(66-68-67)36(29-18-12-9-13-19-29)51(45(59)65-46(3,4)5)42(56)30-20-14-10-15-21-30)25-50(60)41(63-43(57)31-22-16-11-17-23-31)39-48(8,40(55)37(54)35(27)47(50,6)7)33(53)24-34-49(39,26-61-34)64-28(2)52/h9-23,32-34,36-39,41,53-54,60,68H,24-26,67H2,1-8H3/t32-,33-,34+,36-,37+,38+,39?,41-,48+,49?,50+/m0/s1. The zero-order valence-corrected chi connectivity index (χ0v) is 41.3. The van der Waals surface area contributed by atoms with Crippen LogP contribution in [0.5, 0.6) is 0 Å². The van der Waals surface area contributed by atoms with Crippen LogP contribution >= 0.6 is 17.4 Å². The second kappa shape index (κ2) is 19.1. The maximum atomic E-state index is 15.2. The van der Waals surface area contributed by atoms with E-state index in [2.05, 4.69) is 8.93 Å². The molecule has 4 aliphatic rings. The van der Waals surface area contributed by atoms with Crippen molar-refractivity contribution in [2.45, 2.75) is 128 Å². The Balaban J connectivity index is 1.40. The number of amides is 2. The van der Waals surface area contributed by atoms with E-state index in [-0.39, 0.29) is 40.9 Å². The number of ether oxygens (including phenoxy) is 5. The van der Waals surface area contributed by atoms with Gasteiger partial charge in [-0.15, -0.1) is 0 Å². The topological polar surface area (TPSA) is 222 Å². The summed E-state index contributed by atoms with van der Waals surface area (Å²) in [5.74, 6) is -6.13. The lowest BCUT2D eigenvalue weighted by atomic mass is 9.44. The first kappa shape index (κ1) is 50.9. The molecule has 3 aromatic carbocycles. The van der Waals surface area contributed by atoms with E-state index >= 15 is 9.59 Å². The Morgan fingerprint density at radius 1 is 0.882 bits per heavy atom. The van der Waals surface area contributed by atoms with Gasteiger partial charge in [-0.25, -0.2) is 19.3 Å². The van der Waals surface area contributed by atoms with Gasteiger partial charge in [-0.3, -0.25) is 14.4 Å². The molecule has 3 fully saturated rings. The SMILES string of the molecule is CC(=O)OC12CO[C@@H]1C[C@H](O)[C@@]1(C)C(=O)[C@H](O)C3=C(C)[C@@H](OC(=O)[C@H](OPP)[C@H](c4ccccc4)N(C(=O)OC(C)(C)C)C(=O)c4ccccc4)C[C@@](O)([C@@H](OC(=O)c4ccccc4)C21)C3(C)C. The zero-order chi connectivity index (χ0) is 49.7. The Morgan fingerprint density at radius 2 is 1.46 bits per heavy atom. The van der Waals surface area contributed by atoms with Crippen molar-refractivity contribution in [1.29, 1.82) is 0 Å². The van der Waals surface area contributed by atoms with Gasteiger partial charge in [0.05, 0.1) is 29.6 Å². The number of carbonyl (C=O) groups is 6. The Bertz CT molecular complexity index is 2460. The molecule has 1 aliphatic heterocycles. The number of fused-ring (bicyclic) bond motifs is 5. The van der Waals surface area contributed by atoms with Gasteiger partial charge < -0.3 is 43.5 Å². The number of hydrogen-bond donors (Lipinski definition) is 3. The predicted octanol–water partition coefficient (Wildman–Crippen LogP) is 6.22. The molecule has 7 rings (SSSR count). The van der Waals surface area contributed by atoms with Gasteiger partial charge in [-0.2, -0.15) is 0 Å². The van der Waals surface area contributed by atoms with Gasteiger partial charge in [0.2, 0.25) is 0 Å². The lowest BCUT2D eigenvalue weighted by Crippen LogP contribution is -2.81. The van der Waals surface area contributed by atoms with E-state index in [1.54, 1.807) is 101 Å². The van der Waals surface area contributed by atoms with Crippen molar-refractivity contribution in [2.24, 2.45) is 16.7 Å². The normalized spacial score (nSPS) is 30.6. The number of Topliss-reactive ketones (excluding diaryl/α,β-unsaturated/α-hetero) is 1. The summed E-state index contributed by atoms with van der Waals surface area (Å²) in [5.41, 5.74) is -8.47. The number of aliphatic hydroxyl groups is 3. The monoisotopic (exact) mass is 975 g/mol. The first-order valence-electron chi connectivity index (χ1n) is 22.3. The third-order valence-corrected chi connectivity index (χ3v) is 14.9. The number of esters is 3. The lowest BCUT2D eigenvalue weighted by molar-refractivity contribution is -0.346.